The molecular formula is C20H25N5O4. The number of rotatable bonds is 7. The monoisotopic (exact) mass is 399 g/mol. The van der Waals surface area contributed by atoms with E-state index in [2.05, 4.69) is 20.4 Å². The van der Waals surface area contributed by atoms with Gasteiger partial charge in [0.1, 0.15) is 18.5 Å². The average molecular weight is 399 g/mol. The number of aromatic nitrogens is 4. The van der Waals surface area contributed by atoms with Crippen molar-refractivity contribution in [3.8, 4) is 11.6 Å². The Kier molecular flexibility index (Phi) is 5.89. The summed E-state index contributed by atoms with van der Waals surface area (Å²) in [5, 5.41) is 36.7. The fourth-order valence-corrected chi connectivity index (χ4v) is 3.51. The predicted molar refractivity (Wildman–Crippen MR) is 107 cm³/mol. The molecule has 9 heteroatoms. The third-order valence-corrected chi connectivity index (χ3v) is 5.10. The molecule has 3 aromatic rings. The quantitative estimate of drug-likeness (QED) is 0.468. The number of benzene rings is 1. The number of hydrogen-bond acceptors (Lipinski definition) is 8. The minimum Gasteiger partial charge on any atom is -0.490 e. The Labute approximate surface area is 168 Å². The zero-order valence-electron chi connectivity index (χ0n) is 16.0. The lowest BCUT2D eigenvalue weighted by atomic mass is 9.93. The highest BCUT2D eigenvalue weighted by Crippen LogP contribution is 2.27. The van der Waals surface area contributed by atoms with Crippen LogP contribution in [0.15, 0.2) is 36.7 Å². The van der Waals surface area contributed by atoms with Crippen LogP contribution >= 0.6 is 0 Å². The second-order valence-electron chi connectivity index (χ2n) is 7.28. The van der Waals surface area contributed by atoms with Crippen LogP contribution in [0.1, 0.15) is 25.7 Å². The Bertz CT molecular complexity index is 955. The molecule has 1 aromatic carbocycles. The number of ether oxygens (including phenoxy) is 1. The van der Waals surface area contributed by atoms with E-state index >= 15 is 0 Å². The predicted octanol–water partition coefficient (Wildman–Crippen LogP) is 1.26. The zero-order valence-corrected chi connectivity index (χ0v) is 16.0. The summed E-state index contributed by atoms with van der Waals surface area (Å²) in [4.78, 5) is 8.91. The Morgan fingerprint density at radius 1 is 1.21 bits per heavy atom. The van der Waals surface area contributed by atoms with Gasteiger partial charge in [-0.05, 0) is 37.8 Å². The van der Waals surface area contributed by atoms with Gasteiger partial charge in [-0.2, -0.15) is 10.1 Å². The Morgan fingerprint density at radius 3 is 2.83 bits per heavy atom. The molecule has 0 unspecified atom stereocenters. The highest BCUT2D eigenvalue weighted by atomic mass is 16.5. The van der Waals surface area contributed by atoms with E-state index in [1.165, 1.54) is 0 Å². The molecule has 0 spiro atoms. The summed E-state index contributed by atoms with van der Waals surface area (Å²) in [7, 11) is 0. The molecule has 0 amide bonds. The van der Waals surface area contributed by atoms with E-state index < -0.39 is 6.10 Å². The smallest absolute Gasteiger partial charge is 0.224 e. The molecule has 1 saturated carbocycles. The van der Waals surface area contributed by atoms with E-state index in [0.29, 0.717) is 17.5 Å². The summed E-state index contributed by atoms with van der Waals surface area (Å²) in [6, 6.07) is 7.58. The number of aliphatic hydroxyl groups is 3. The first-order valence-electron chi connectivity index (χ1n) is 9.80. The topological polar surface area (TPSA) is 126 Å². The Morgan fingerprint density at radius 2 is 2.03 bits per heavy atom. The third kappa shape index (κ3) is 4.47. The summed E-state index contributed by atoms with van der Waals surface area (Å²) in [5.41, 5.74) is 0.812. The van der Waals surface area contributed by atoms with Crippen molar-refractivity contribution in [3.63, 3.8) is 0 Å². The molecule has 1 fully saturated rings. The van der Waals surface area contributed by atoms with Crippen LogP contribution in [0.4, 0.5) is 5.95 Å². The molecule has 0 aliphatic heterocycles. The van der Waals surface area contributed by atoms with E-state index in [1.807, 2.05) is 12.1 Å². The molecule has 0 radical (unpaired) electrons. The van der Waals surface area contributed by atoms with E-state index in [9.17, 15) is 10.2 Å². The van der Waals surface area contributed by atoms with Crippen LogP contribution in [0.2, 0.25) is 0 Å². The van der Waals surface area contributed by atoms with Crippen LogP contribution in [-0.4, -0.2) is 66.5 Å². The molecule has 2 heterocycles. The molecule has 2 aromatic heterocycles. The maximum Gasteiger partial charge on any atom is 0.224 e. The number of hydrogen-bond donors (Lipinski definition) is 4. The fourth-order valence-electron chi connectivity index (χ4n) is 3.51. The summed E-state index contributed by atoms with van der Waals surface area (Å²) in [6.07, 6.45) is 5.59. The van der Waals surface area contributed by atoms with Gasteiger partial charge < -0.3 is 25.4 Å². The van der Waals surface area contributed by atoms with Gasteiger partial charge >= 0.3 is 0 Å². The fraction of sp³-hybridized carbons (Fsp3) is 0.450. The standard InChI is InChI=1S/C20H25N5O4/c26-11-15(28)12-29-18-3-1-2-17-16(18)10-22-25(17)19-8-9-21-20(24-19)23-13-4-6-14(27)7-5-13/h1-3,8-10,13-15,26-28H,4-7,11-12H2,(H,21,23,24)/t13?,14?,15-/m0/s1. The van der Waals surface area contributed by atoms with Crippen LogP contribution in [0.3, 0.4) is 0 Å². The van der Waals surface area contributed by atoms with Crippen LogP contribution < -0.4 is 10.1 Å². The van der Waals surface area contributed by atoms with Crippen molar-refractivity contribution < 1.29 is 20.1 Å². The highest BCUT2D eigenvalue weighted by molar-refractivity contribution is 5.86. The molecule has 154 valence electrons. The SMILES string of the molecule is OC[C@H](O)COc1cccc2c1cnn2-c1ccnc(NC2CCC(O)CC2)n1. The van der Waals surface area contributed by atoms with Gasteiger partial charge in [0.25, 0.3) is 0 Å². The molecule has 1 aliphatic carbocycles. The number of fused-ring (bicyclic) bond motifs is 1. The second kappa shape index (κ2) is 8.73. The van der Waals surface area contributed by atoms with Crippen molar-refractivity contribution in [1.29, 1.82) is 0 Å². The van der Waals surface area contributed by atoms with Crippen LogP contribution in [0.25, 0.3) is 16.7 Å². The molecule has 9 nitrogen and oxygen atoms in total. The minimum atomic E-state index is -0.934. The summed E-state index contributed by atoms with van der Waals surface area (Å²) in [6.45, 7) is -0.357. The van der Waals surface area contributed by atoms with Gasteiger partial charge in [-0.1, -0.05) is 6.07 Å². The van der Waals surface area contributed by atoms with Crippen LogP contribution in [-0.2, 0) is 0 Å². The van der Waals surface area contributed by atoms with E-state index in [4.69, 9.17) is 9.84 Å². The third-order valence-electron chi connectivity index (χ3n) is 5.10. The molecule has 0 bridgehead atoms. The van der Waals surface area contributed by atoms with E-state index in [1.54, 1.807) is 29.2 Å². The van der Waals surface area contributed by atoms with Gasteiger partial charge in [-0.15, -0.1) is 0 Å². The molecular weight excluding hydrogens is 374 g/mol. The van der Waals surface area contributed by atoms with Crippen LogP contribution in [0, 0.1) is 0 Å². The van der Waals surface area contributed by atoms with Gasteiger partial charge in [0.15, 0.2) is 5.82 Å². The lowest BCUT2D eigenvalue weighted by molar-refractivity contribution is 0.0541. The first-order valence-corrected chi connectivity index (χ1v) is 9.80. The Balaban J connectivity index is 1.55. The molecule has 29 heavy (non-hydrogen) atoms. The maximum absolute atomic E-state index is 9.66. The van der Waals surface area contributed by atoms with E-state index in [-0.39, 0.29) is 25.4 Å². The Hall–Kier alpha value is -2.75. The molecule has 4 rings (SSSR count). The van der Waals surface area contributed by atoms with Crippen molar-refractivity contribution in [2.45, 2.75) is 43.9 Å². The van der Waals surface area contributed by atoms with Crippen LogP contribution in [0.5, 0.6) is 5.75 Å². The number of anilines is 1. The first-order chi connectivity index (χ1) is 14.1. The first kappa shape index (κ1) is 19.6. The van der Waals surface area contributed by atoms with Gasteiger partial charge in [0.2, 0.25) is 5.95 Å². The van der Waals surface area contributed by atoms with Crippen molar-refractivity contribution >= 4 is 16.9 Å². The van der Waals surface area contributed by atoms with E-state index in [0.717, 1.165) is 36.6 Å². The number of nitrogens with zero attached hydrogens (tertiary/aromatic N) is 4. The average Bonchev–Trinajstić information content (AvgIpc) is 3.18. The van der Waals surface area contributed by atoms with Crippen molar-refractivity contribution in [1.82, 2.24) is 19.7 Å². The van der Waals surface area contributed by atoms with Gasteiger partial charge in [0.05, 0.1) is 29.8 Å². The van der Waals surface area contributed by atoms with Gasteiger partial charge in [0, 0.05) is 18.3 Å². The normalized spacial score (nSPS) is 20.5. The summed E-state index contributed by atoms with van der Waals surface area (Å²) < 4.78 is 7.34. The molecule has 1 atom stereocenters. The van der Waals surface area contributed by atoms with Gasteiger partial charge in [-0.3, -0.25) is 0 Å². The van der Waals surface area contributed by atoms with Crippen molar-refractivity contribution in [3.05, 3.63) is 36.7 Å². The second-order valence-corrected chi connectivity index (χ2v) is 7.28. The minimum absolute atomic E-state index is 0.00153. The van der Waals surface area contributed by atoms with Crippen molar-refractivity contribution in [2.75, 3.05) is 18.5 Å². The number of nitrogens with one attached hydrogen (secondary N) is 1. The van der Waals surface area contributed by atoms with Crippen molar-refractivity contribution in [2.24, 2.45) is 0 Å². The molecule has 0 saturated heterocycles. The lowest BCUT2D eigenvalue weighted by Gasteiger charge is -2.26. The highest BCUT2D eigenvalue weighted by Gasteiger charge is 2.20. The largest absolute Gasteiger partial charge is 0.490 e. The number of aliphatic hydroxyl groups excluding tert-OH is 3. The summed E-state index contributed by atoms with van der Waals surface area (Å²) >= 11 is 0. The molecule has 4 N–H and O–H groups in total. The van der Waals surface area contributed by atoms with Gasteiger partial charge in [-0.25, -0.2) is 9.67 Å². The summed E-state index contributed by atoms with van der Waals surface area (Å²) in [5.74, 6) is 1.74. The maximum atomic E-state index is 9.66. The lowest BCUT2D eigenvalue weighted by Crippen LogP contribution is -2.29. The zero-order chi connectivity index (χ0) is 20.2. The molecule has 1 aliphatic rings.